The van der Waals surface area contributed by atoms with Gasteiger partial charge >= 0.3 is 0 Å². The Bertz CT molecular complexity index is 3420. The first-order valence-corrected chi connectivity index (χ1v) is 20.9. The highest BCUT2D eigenvalue weighted by Gasteiger charge is 2.22. The molecule has 0 amide bonds. The number of halogens is 4. The number of hydrogen-bond acceptors (Lipinski definition) is 8. The second-order valence-corrected chi connectivity index (χ2v) is 16.4. The lowest BCUT2D eigenvalue weighted by Gasteiger charge is -2.11. The van der Waals surface area contributed by atoms with Gasteiger partial charge in [0.1, 0.15) is 33.8 Å². The van der Waals surface area contributed by atoms with Gasteiger partial charge in [-0.15, -0.1) is 0 Å². The molecule has 0 fully saturated rings. The Kier molecular flexibility index (Phi) is 11.3. The van der Waals surface area contributed by atoms with E-state index in [1.807, 2.05) is 60.7 Å². The van der Waals surface area contributed by atoms with Gasteiger partial charge in [0.2, 0.25) is 10.9 Å². The van der Waals surface area contributed by atoms with Gasteiger partial charge in [-0.05, 0) is 108 Å². The van der Waals surface area contributed by atoms with Crippen molar-refractivity contribution in [2.45, 2.75) is 0 Å². The molecule has 10 aromatic rings. The molecule has 0 saturated heterocycles. The minimum Gasteiger partial charge on any atom is -0.507 e. The Morgan fingerprint density at radius 2 is 0.766 bits per heavy atom. The van der Waals surface area contributed by atoms with E-state index in [1.54, 1.807) is 48.5 Å². The third kappa shape index (κ3) is 8.00. The molecule has 0 unspecified atom stereocenters. The zero-order valence-corrected chi connectivity index (χ0v) is 35.9. The van der Waals surface area contributed by atoms with Crippen molar-refractivity contribution >= 4 is 102 Å². The summed E-state index contributed by atoms with van der Waals surface area (Å²) in [6.07, 6.45) is 0. The topological polar surface area (TPSA) is 135 Å². The van der Waals surface area contributed by atoms with Gasteiger partial charge < -0.3 is 19.0 Å². The monoisotopic (exact) mass is 920 g/mol. The lowest BCUT2D eigenvalue weighted by atomic mass is 9.94. The molecular weight excluding hydrogens is 894 g/mol. The normalized spacial score (nSPS) is 11.2. The number of carbonyl (C=O) groups is 2. The van der Waals surface area contributed by atoms with Crippen molar-refractivity contribution in [3.8, 4) is 33.8 Å². The zero-order chi connectivity index (χ0) is 44.8. The number of phenolic OH excluding ortho intramolecular Hbond substituents is 2. The summed E-state index contributed by atoms with van der Waals surface area (Å²) >= 11 is 24.2. The smallest absolute Gasteiger partial charge is 0.200 e. The lowest BCUT2D eigenvalue weighted by molar-refractivity contribution is 0.102. The van der Waals surface area contributed by atoms with Crippen molar-refractivity contribution in [3.63, 3.8) is 0 Å². The number of benzene rings is 8. The fraction of sp³-hybridized carbons (Fsp3) is 0. The van der Waals surface area contributed by atoms with Gasteiger partial charge in [0.15, 0.2) is 11.6 Å². The number of fused-ring (bicyclic) bond motifs is 4. The average Bonchev–Trinajstić information content (AvgIpc) is 3.31. The number of ketones is 2. The van der Waals surface area contributed by atoms with Crippen LogP contribution in [0.25, 0.3) is 66.1 Å². The van der Waals surface area contributed by atoms with E-state index in [9.17, 15) is 29.4 Å². The van der Waals surface area contributed by atoms with E-state index < -0.39 is 11.6 Å². The summed E-state index contributed by atoms with van der Waals surface area (Å²) < 4.78 is 12.2. The van der Waals surface area contributed by atoms with E-state index in [0.29, 0.717) is 64.3 Å². The minimum atomic E-state index is -0.463. The number of carbonyl (C=O) groups excluding carboxylic acids is 2. The number of hydrogen-bond donors (Lipinski definition) is 2. The predicted octanol–water partition coefficient (Wildman–Crippen LogP) is 13.7. The maximum absolute atomic E-state index is 13.4. The molecule has 0 spiro atoms. The van der Waals surface area contributed by atoms with Crippen LogP contribution in [-0.2, 0) is 0 Å². The summed E-state index contributed by atoms with van der Waals surface area (Å²) in [5.41, 5.74) is 4.19. The van der Waals surface area contributed by atoms with Crippen molar-refractivity contribution in [2.24, 2.45) is 0 Å². The molecule has 2 aromatic heterocycles. The van der Waals surface area contributed by atoms with Crippen LogP contribution >= 0.6 is 46.4 Å². The zero-order valence-electron chi connectivity index (χ0n) is 32.9. The minimum absolute atomic E-state index is 0.0454. The predicted molar refractivity (Wildman–Crippen MR) is 254 cm³/mol. The molecular formula is C52H28Cl4O8. The van der Waals surface area contributed by atoms with Crippen molar-refractivity contribution in [1.29, 1.82) is 0 Å². The van der Waals surface area contributed by atoms with Gasteiger partial charge in [-0.1, -0.05) is 107 Å². The summed E-state index contributed by atoms with van der Waals surface area (Å²) in [5, 5.41) is 23.0. The molecule has 64 heavy (non-hydrogen) atoms. The number of rotatable bonds is 6. The summed E-state index contributed by atoms with van der Waals surface area (Å²) in [6.45, 7) is 0. The van der Waals surface area contributed by atoms with Gasteiger partial charge in [0.05, 0.1) is 32.7 Å². The molecule has 0 atom stereocenters. The van der Waals surface area contributed by atoms with Crippen LogP contribution in [0.15, 0.2) is 176 Å². The van der Waals surface area contributed by atoms with Crippen LogP contribution < -0.4 is 10.9 Å². The summed E-state index contributed by atoms with van der Waals surface area (Å²) in [6, 6.07) is 43.1. The molecule has 2 heterocycles. The largest absolute Gasteiger partial charge is 0.507 e. The van der Waals surface area contributed by atoms with Crippen molar-refractivity contribution in [2.75, 3.05) is 0 Å². The molecule has 0 radical (unpaired) electrons. The maximum atomic E-state index is 13.4. The Hall–Kier alpha value is -7.20. The molecule has 0 bridgehead atoms. The van der Waals surface area contributed by atoms with Gasteiger partial charge in [0.25, 0.3) is 0 Å². The third-order valence-electron chi connectivity index (χ3n) is 10.6. The standard InChI is InChI=1S/2C26H14Cl2O4/c2*27-16-6-8-22(29)19(12-16)24(30)15-10-18(14-4-2-1-3-5-14)26-21(11-15)25(31)20-13-17(28)7-9-23(20)32-26/h2*1-13,29H. The quantitative estimate of drug-likeness (QED) is 0.124. The Morgan fingerprint density at radius 1 is 0.406 bits per heavy atom. The molecule has 0 aliphatic rings. The Morgan fingerprint density at radius 3 is 1.16 bits per heavy atom. The molecule has 12 heteroatoms. The van der Waals surface area contributed by atoms with Gasteiger partial charge in [-0.25, -0.2) is 0 Å². The number of phenols is 2. The summed E-state index contributed by atoms with van der Waals surface area (Å²) in [7, 11) is 0. The van der Waals surface area contributed by atoms with E-state index in [4.69, 9.17) is 55.2 Å². The Balaban J connectivity index is 0.000000162. The van der Waals surface area contributed by atoms with E-state index in [2.05, 4.69) is 0 Å². The molecule has 8 nitrogen and oxygen atoms in total. The highest BCUT2D eigenvalue weighted by molar-refractivity contribution is 6.32. The summed E-state index contributed by atoms with van der Waals surface area (Å²) in [5.74, 6) is -1.32. The molecule has 8 aromatic carbocycles. The van der Waals surface area contributed by atoms with E-state index in [1.165, 1.54) is 48.5 Å². The van der Waals surface area contributed by atoms with E-state index in [0.717, 1.165) is 11.1 Å². The molecule has 0 aliphatic heterocycles. The van der Waals surface area contributed by atoms with Gasteiger partial charge in [-0.3, -0.25) is 19.2 Å². The molecule has 0 aliphatic carbocycles. The van der Waals surface area contributed by atoms with Gasteiger partial charge in [-0.2, -0.15) is 0 Å². The summed E-state index contributed by atoms with van der Waals surface area (Å²) in [4.78, 5) is 53.3. The van der Waals surface area contributed by atoms with Gasteiger partial charge in [0, 0.05) is 42.3 Å². The first-order valence-electron chi connectivity index (χ1n) is 19.4. The van der Waals surface area contributed by atoms with Crippen molar-refractivity contribution < 1.29 is 28.6 Å². The first kappa shape index (κ1) is 42.1. The van der Waals surface area contributed by atoms with Crippen LogP contribution in [0, 0.1) is 0 Å². The second-order valence-electron chi connectivity index (χ2n) is 14.7. The number of aromatic hydroxyl groups is 2. The highest BCUT2D eigenvalue weighted by atomic mass is 35.5. The fourth-order valence-electron chi connectivity index (χ4n) is 7.48. The first-order chi connectivity index (χ1) is 30.8. The third-order valence-corrected chi connectivity index (χ3v) is 11.5. The Labute approximate surface area is 382 Å². The van der Waals surface area contributed by atoms with Crippen LogP contribution in [0.1, 0.15) is 31.8 Å². The van der Waals surface area contributed by atoms with Crippen LogP contribution in [0.3, 0.4) is 0 Å². The molecule has 0 saturated carbocycles. The van der Waals surface area contributed by atoms with Crippen LogP contribution in [0.2, 0.25) is 20.1 Å². The molecule has 10 rings (SSSR count). The van der Waals surface area contributed by atoms with E-state index >= 15 is 0 Å². The van der Waals surface area contributed by atoms with Crippen LogP contribution in [0.4, 0.5) is 0 Å². The maximum Gasteiger partial charge on any atom is 0.200 e. The highest BCUT2D eigenvalue weighted by Crippen LogP contribution is 2.36. The van der Waals surface area contributed by atoms with Crippen molar-refractivity contribution in [3.05, 3.63) is 221 Å². The van der Waals surface area contributed by atoms with Crippen LogP contribution in [0.5, 0.6) is 11.5 Å². The second kappa shape index (κ2) is 17.2. The average molecular weight is 923 g/mol. The van der Waals surface area contributed by atoms with E-state index in [-0.39, 0.29) is 55.4 Å². The molecule has 2 N–H and O–H groups in total. The van der Waals surface area contributed by atoms with Crippen LogP contribution in [-0.4, -0.2) is 21.8 Å². The SMILES string of the molecule is O=C(c1cc(-c2ccccc2)c2oc3ccc(Cl)cc3c(=O)c2c1)c1cc(Cl)ccc1O.O=C(c1cc(-c2ccccc2)c2oc3ccc(Cl)cc3c(=O)c2c1)c1cc(Cl)ccc1O. The van der Waals surface area contributed by atoms with Crippen molar-refractivity contribution in [1.82, 2.24) is 0 Å². The lowest BCUT2D eigenvalue weighted by Crippen LogP contribution is -2.07. The fourth-order valence-corrected chi connectivity index (χ4v) is 8.17. The molecule has 312 valence electrons.